The summed E-state index contributed by atoms with van der Waals surface area (Å²) in [7, 11) is 1.26. The van der Waals surface area contributed by atoms with Crippen LogP contribution in [0.4, 0.5) is 5.69 Å². The summed E-state index contributed by atoms with van der Waals surface area (Å²) >= 11 is 4.73. The second-order valence-electron chi connectivity index (χ2n) is 11.3. The standard InChI is InChI=1S/C37H36BrN3O11S/c1-6-48-28-18-24(11-14-27(28)51-20-31(42)47-5)33-32(36(44)50-8-3)21(4)39-37-40(33)35(43)30(53-37)17-23-15-26(38)34(29(16-23)49-7-2)52-19-22-9-12-25(13-10-22)41(45)46/h9-18,33H,6-8,19-20H2,1-5H3/b30-17-/t33-/m0/s1. The van der Waals surface area contributed by atoms with Crippen molar-refractivity contribution in [1.82, 2.24) is 4.57 Å². The van der Waals surface area contributed by atoms with Gasteiger partial charge in [-0.2, -0.15) is 0 Å². The third-order valence-electron chi connectivity index (χ3n) is 7.83. The van der Waals surface area contributed by atoms with Crippen molar-refractivity contribution in [2.45, 2.75) is 40.3 Å². The second kappa shape index (κ2) is 17.4. The summed E-state index contributed by atoms with van der Waals surface area (Å²) in [5.41, 5.74) is 2.03. The van der Waals surface area contributed by atoms with Crippen LogP contribution in [-0.4, -0.2) is 55.0 Å². The zero-order chi connectivity index (χ0) is 38.2. The molecule has 5 rings (SSSR count). The Morgan fingerprint density at radius 3 is 2.34 bits per heavy atom. The van der Waals surface area contributed by atoms with Gasteiger partial charge in [-0.1, -0.05) is 17.4 Å². The molecule has 1 atom stereocenters. The maximum absolute atomic E-state index is 14.3. The number of rotatable bonds is 15. The van der Waals surface area contributed by atoms with E-state index in [2.05, 4.69) is 25.7 Å². The van der Waals surface area contributed by atoms with Crippen LogP contribution in [0, 0.1) is 10.1 Å². The summed E-state index contributed by atoms with van der Waals surface area (Å²) in [6.07, 6.45) is 1.70. The molecule has 0 spiro atoms. The van der Waals surface area contributed by atoms with E-state index in [0.29, 0.717) is 54.5 Å². The third kappa shape index (κ3) is 8.77. The topological polar surface area (TPSA) is 167 Å². The molecule has 0 saturated heterocycles. The number of nitrogens with zero attached hydrogens (tertiary/aromatic N) is 3. The van der Waals surface area contributed by atoms with E-state index >= 15 is 0 Å². The molecule has 0 fully saturated rings. The van der Waals surface area contributed by atoms with Gasteiger partial charge in [0.05, 0.1) is 58.2 Å². The Hall–Kier alpha value is -5.48. The molecule has 1 aliphatic heterocycles. The molecule has 1 aromatic heterocycles. The van der Waals surface area contributed by atoms with Gasteiger partial charge in [-0.05, 0) is 103 Å². The van der Waals surface area contributed by atoms with E-state index in [0.717, 1.165) is 16.9 Å². The fraction of sp³-hybridized carbons (Fsp3) is 0.297. The quantitative estimate of drug-likeness (QED) is 0.0858. The van der Waals surface area contributed by atoms with Crippen LogP contribution in [0.25, 0.3) is 6.08 Å². The minimum absolute atomic E-state index is 0.0200. The number of methoxy groups -OCH3 is 1. The molecule has 278 valence electrons. The summed E-state index contributed by atoms with van der Waals surface area (Å²) in [5, 5.41) is 11.0. The summed E-state index contributed by atoms with van der Waals surface area (Å²) in [4.78, 5) is 55.1. The van der Waals surface area contributed by atoms with Gasteiger partial charge in [0.1, 0.15) is 6.61 Å². The molecule has 0 saturated carbocycles. The van der Waals surface area contributed by atoms with Crippen molar-refractivity contribution >= 4 is 51.0 Å². The smallest absolute Gasteiger partial charge is 0.343 e. The number of thiazole rings is 1. The number of benzene rings is 3. The Bertz CT molecular complexity index is 2250. The van der Waals surface area contributed by atoms with Gasteiger partial charge in [0.2, 0.25) is 0 Å². The lowest BCUT2D eigenvalue weighted by atomic mass is 9.95. The first-order chi connectivity index (χ1) is 25.5. The molecule has 0 radical (unpaired) electrons. The number of nitro benzene ring substituents is 1. The average Bonchev–Trinajstić information content (AvgIpc) is 3.43. The normalized spacial score (nSPS) is 13.8. The van der Waals surface area contributed by atoms with Crippen molar-refractivity contribution in [1.29, 1.82) is 0 Å². The highest BCUT2D eigenvalue weighted by Crippen LogP contribution is 2.39. The SMILES string of the molecule is CCOC(=O)C1=C(C)N=c2s/c(=C\c3cc(Br)c(OCc4ccc([N+](=O)[O-])cc4)c(OCC)c3)c(=O)n2[C@H]1c1ccc(OCC(=O)OC)c(OCC)c1. The summed E-state index contributed by atoms with van der Waals surface area (Å²) in [6, 6.07) is 13.6. The Kier molecular flexibility index (Phi) is 12.7. The molecule has 0 aliphatic carbocycles. The molecule has 3 aromatic carbocycles. The molecular formula is C37H36BrN3O11S. The van der Waals surface area contributed by atoms with Gasteiger partial charge in [-0.25, -0.2) is 14.6 Å². The minimum Gasteiger partial charge on any atom is -0.490 e. The van der Waals surface area contributed by atoms with Gasteiger partial charge in [0, 0.05) is 12.1 Å². The monoisotopic (exact) mass is 809 g/mol. The van der Waals surface area contributed by atoms with E-state index in [4.69, 9.17) is 23.7 Å². The number of non-ortho nitro benzene ring substituents is 1. The van der Waals surface area contributed by atoms with Gasteiger partial charge in [0.25, 0.3) is 11.2 Å². The fourth-order valence-corrected chi connectivity index (χ4v) is 7.10. The van der Waals surface area contributed by atoms with E-state index in [-0.39, 0.29) is 43.4 Å². The number of allylic oxidation sites excluding steroid dienone is 1. The van der Waals surface area contributed by atoms with Gasteiger partial charge >= 0.3 is 11.9 Å². The van der Waals surface area contributed by atoms with E-state index in [9.17, 15) is 24.5 Å². The average molecular weight is 811 g/mol. The number of halogens is 1. The van der Waals surface area contributed by atoms with Crippen LogP contribution in [0.3, 0.4) is 0 Å². The highest BCUT2D eigenvalue weighted by atomic mass is 79.9. The molecular weight excluding hydrogens is 774 g/mol. The van der Waals surface area contributed by atoms with Crippen LogP contribution in [0.5, 0.6) is 23.0 Å². The molecule has 1 aliphatic rings. The number of esters is 2. The molecule has 0 N–H and O–H groups in total. The number of nitro groups is 1. The number of hydrogen-bond donors (Lipinski definition) is 0. The van der Waals surface area contributed by atoms with Gasteiger partial charge in [-0.3, -0.25) is 19.5 Å². The molecule has 4 aromatic rings. The number of hydrogen-bond acceptors (Lipinski definition) is 13. The zero-order valence-electron chi connectivity index (χ0n) is 29.5. The predicted molar refractivity (Wildman–Crippen MR) is 198 cm³/mol. The summed E-state index contributed by atoms with van der Waals surface area (Å²) in [6.45, 7) is 7.51. The summed E-state index contributed by atoms with van der Waals surface area (Å²) < 4.78 is 35.9. The largest absolute Gasteiger partial charge is 0.490 e. The van der Waals surface area contributed by atoms with E-state index in [1.165, 1.54) is 23.8 Å². The lowest BCUT2D eigenvalue weighted by Gasteiger charge is -2.25. The van der Waals surface area contributed by atoms with Gasteiger partial charge in [-0.15, -0.1) is 0 Å². The van der Waals surface area contributed by atoms with Crippen molar-refractivity contribution in [3.8, 4) is 23.0 Å². The molecule has 53 heavy (non-hydrogen) atoms. The number of aromatic nitrogens is 1. The van der Waals surface area contributed by atoms with Crippen molar-refractivity contribution in [3.05, 3.63) is 117 Å². The number of ether oxygens (including phenoxy) is 6. The summed E-state index contributed by atoms with van der Waals surface area (Å²) in [5.74, 6) is 0.227. The van der Waals surface area contributed by atoms with Crippen molar-refractivity contribution in [3.63, 3.8) is 0 Å². The van der Waals surface area contributed by atoms with Crippen LogP contribution in [-0.2, 0) is 25.7 Å². The molecule has 2 heterocycles. The van der Waals surface area contributed by atoms with Gasteiger partial charge < -0.3 is 28.4 Å². The molecule has 0 amide bonds. The molecule has 0 unspecified atom stereocenters. The Morgan fingerprint density at radius 1 is 0.962 bits per heavy atom. The first-order valence-electron chi connectivity index (χ1n) is 16.5. The zero-order valence-corrected chi connectivity index (χ0v) is 31.9. The maximum atomic E-state index is 14.3. The Labute approximate surface area is 316 Å². The van der Waals surface area contributed by atoms with E-state index in [1.54, 1.807) is 69.3 Å². The third-order valence-corrected chi connectivity index (χ3v) is 9.41. The first kappa shape index (κ1) is 38.7. The van der Waals surface area contributed by atoms with Crippen molar-refractivity contribution < 1.29 is 42.9 Å². The van der Waals surface area contributed by atoms with Crippen LogP contribution in [0.15, 0.2) is 80.1 Å². The minimum atomic E-state index is -0.928. The predicted octanol–water partition coefficient (Wildman–Crippen LogP) is 5.40. The number of carbonyl (C=O) groups excluding carboxylic acids is 2. The maximum Gasteiger partial charge on any atom is 0.343 e. The van der Waals surface area contributed by atoms with Crippen LogP contribution in [0.2, 0.25) is 0 Å². The Morgan fingerprint density at radius 2 is 1.68 bits per heavy atom. The molecule has 14 nitrogen and oxygen atoms in total. The van der Waals surface area contributed by atoms with Crippen LogP contribution in [0.1, 0.15) is 50.4 Å². The second-order valence-corrected chi connectivity index (χ2v) is 13.1. The highest BCUT2D eigenvalue weighted by molar-refractivity contribution is 9.10. The number of carbonyl (C=O) groups is 2. The highest BCUT2D eigenvalue weighted by Gasteiger charge is 2.34. The van der Waals surface area contributed by atoms with E-state index < -0.39 is 28.5 Å². The first-order valence-corrected chi connectivity index (χ1v) is 18.1. The molecule has 16 heteroatoms. The fourth-order valence-electron chi connectivity index (χ4n) is 5.48. The lowest BCUT2D eigenvalue weighted by molar-refractivity contribution is -0.384. The van der Waals surface area contributed by atoms with Gasteiger partial charge in [0.15, 0.2) is 34.4 Å². The van der Waals surface area contributed by atoms with Crippen molar-refractivity contribution in [2.24, 2.45) is 4.99 Å². The van der Waals surface area contributed by atoms with E-state index in [1.807, 2.05) is 6.92 Å². The van der Waals surface area contributed by atoms with Crippen LogP contribution >= 0.6 is 27.3 Å². The van der Waals surface area contributed by atoms with Crippen molar-refractivity contribution in [2.75, 3.05) is 33.5 Å². The molecule has 0 bridgehead atoms. The number of fused-ring (bicyclic) bond motifs is 1. The van der Waals surface area contributed by atoms with Crippen LogP contribution < -0.4 is 33.8 Å². The lowest BCUT2D eigenvalue weighted by Crippen LogP contribution is -2.40. The Balaban J connectivity index is 1.57.